The van der Waals surface area contributed by atoms with Gasteiger partial charge in [-0.15, -0.1) is 0 Å². The second-order valence-electron chi connectivity index (χ2n) is 5.60. The van der Waals surface area contributed by atoms with E-state index in [0.717, 1.165) is 12.8 Å². The molecule has 122 valence electrons. The number of allylic oxidation sites excluding steroid dienone is 1. The first-order valence-corrected chi connectivity index (χ1v) is 8.42. The van der Waals surface area contributed by atoms with Crippen molar-refractivity contribution in [2.45, 2.75) is 83.3 Å². The van der Waals surface area contributed by atoms with Crippen molar-refractivity contribution < 1.29 is 10.2 Å². The Bertz CT molecular complexity index is 304. The van der Waals surface area contributed by atoms with Crippen LogP contribution in [0.15, 0.2) is 12.2 Å². The Morgan fingerprint density at radius 1 is 1.00 bits per heavy atom. The van der Waals surface area contributed by atoms with Crippen molar-refractivity contribution in [2.75, 3.05) is 6.61 Å². The summed E-state index contributed by atoms with van der Waals surface area (Å²) in [5.74, 6) is 5.96. The maximum atomic E-state index is 9.46. The smallest absolute Gasteiger partial charge is 0.0903 e. The van der Waals surface area contributed by atoms with Gasteiger partial charge in [-0.2, -0.15) is 0 Å². The first-order chi connectivity index (χ1) is 10.2. The summed E-state index contributed by atoms with van der Waals surface area (Å²) in [5.41, 5.74) is 5.46. The molecule has 0 aromatic carbocycles. The van der Waals surface area contributed by atoms with Crippen LogP contribution in [-0.2, 0) is 0 Å². The van der Waals surface area contributed by atoms with Gasteiger partial charge in [0, 0.05) is 6.42 Å². The summed E-state index contributed by atoms with van der Waals surface area (Å²) >= 11 is 0. The van der Waals surface area contributed by atoms with Crippen molar-refractivity contribution in [3.63, 3.8) is 0 Å². The lowest BCUT2D eigenvalue weighted by Gasteiger charge is -2.10. The quantitative estimate of drug-likeness (QED) is 0.383. The monoisotopic (exact) mass is 295 g/mol. The lowest BCUT2D eigenvalue weighted by molar-refractivity contribution is 0.144. The van der Waals surface area contributed by atoms with Crippen LogP contribution in [0.1, 0.15) is 71.1 Å². The average Bonchev–Trinajstić information content (AvgIpc) is 2.50. The van der Waals surface area contributed by atoms with Crippen LogP contribution in [-0.4, -0.2) is 29.0 Å². The summed E-state index contributed by atoms with van der Waals surface area (Å²) in [6.45, 7) is 2.02. The Balaban J connectivity index is 3.39. The molecule has 0 saturated heterocycles. The molecule has 3 heteroatoms. The second-order valence-corrected chi connectivity index (χ2v) is 5.60. The van der Waals surface area contributed by atoms with Crippen LogP contribution >= 0.6 is 0 Å². The normalized spacial score (nSPS) is 13.9. The van der Waals surface area contributed by atoms with E-state index in [1.807, 2.05) is 0 Å². The molecule has 0 aliphatic heterocycles. The van der Waals surface area contributed by atoms with Gasteiger partial charge in [0.25, 0.3) is 0 Å². The minimum Gasteiger partial charge on any atom is -0.395 e. The number of nitrogens with two attached hydrogens (primary N) is 1. The van der Waals surface area contributed by atoms with Crippen LogP contribution in [0, 0.1) is 11.8 Å². The molecule has 0 aromatic heterocycles. The number of aliphatic hydroxyl groups is 2. The summed E-state index contributed by atoms with van der Waals surface area (Å²) in [5, 5.41) is 18.2. The van der Waals surface area contributed by atoms with Gasteiger partial charge >= 0.3 is 0 Å². The first kappa shape index (κ1) is 20.2. The summed E-state index contributed by atoms with van der Waals surface area (Å²) in [7, 11) is 0. The molecule has 0 heterocycles. The Morgan fingerprint density at radius 2 is 1.57 bits per heavy atom. The first-order valence-electron chi connectivity index (χ1n) is 8.42. The summed E-state index contributed by atoms with van der Waals surface area (Å²) in [6.07, 6.45) is 15.1. The van der Waals surface area contributed by atoms with Crippen LogP contribution in [0.2, 0.25) is 0 Å². The SMILES string of the molecule is CCCCCCCCCCCC#C/C=C/[C@@H](O)[C@@H](N)CO. The molecular weight excluding hydrogens is 262 g/mol. The van der Waals surface area contributed by atoms with E-state index in [1.54, 1.807) is 6.08 Å². The van der Waals surface area contributed by atoms with Crippen molar-refractivity contribution >= 4 is 0 Å². The van der Waals surface area contributed by atoms with Crippen molar-refractivity contribution in [1.82, 2.24) is 0 Å². The molecule has 0 amide bonds. The zero-order chi connectivity index (χ0) is 15.8. The van der Waals surface area contributed by atoms with E-state index in [-0.39, 0.29) is 6.61 Å². The lowest BCUT2D eigenvalue weighted by atomic mass is 10.1. The van der Waals surface area contributed by atoms with E-state index in [4.69, 9.17) is 10.8 Å². The summed E-state index contributed by atoms with van der Waals surface area (Å²) < 4.78 is 0. The predicted molar refractivity (Wildman–Crippen MR) is 89.8 cm³/mol. The average molecular weight is 295 g/mol. The number of aliphatic hydroxyl groups excluding tert-OH is 2. The minimum atomic E-state index is -0.822. The highest BCUT2D eigenvalue weighted by atomic mass is 16.3. The molecule has 0 bridgehead atoms. The van der Waals surface area contributed by atoms with E-state index in [1.165, 1.54) is 57.4 Å². The van der Waals surface area contributed by atoms with Gasteiger partial charge in [0.05, 0.1) is 18.8 Å². The van der Waals surface area contributed by atoms with Gasteiger partial charge < -0.3 is 15.9 Å². The van der Waals surface area contributed by atoms with E-state index in [0.29, 0.717) is 0 Å². The van der Waals surface area contributed by atoms with Crippen LogP contribution in [0.4, 0.5) is 0 Å². The third-order valence-electron chi connectivity index (χ3n) is 3.53. The molecule has 0 aliphatic carbocycles. The summed E-state index contributed by atoms with van der Waals surface area (Å²) in [4.78, 5) is 0. The molecule has 21 heavy (non-hydrogen) atoms. The fourth-order valence-electron chi connectivity index (χ4n) is 2.05. The molecule has 0 rings (SSSR count). The van der Waals surface area contributed by atoms with Crippen molar-refractivity contribution in [3.8, 4) is 11.8 Å². The maximum Gasteiger partial charge on any atom is 0.0903 e. The number of unbranched alkanes of at least 4 members (excludes halogenated alkanes) is 9. The molecule has 0 saturated carbocycles. The van der Waals surface area contributed by atoms with E-state index >= 15 is 0 Å². The molecule has 0 aromatic rings. The van der Waals surface area contributed by atoms with Gasteiger partial charge in [0.2, 0.25) is 0 Å². The lowest BCUT2D eigenvalue weighted by Crippen LogP contribution is -2.36. The van der Waals surface area contributed by atoms with E-state index in [9.17, 15) is 5.11 Å². The Hall–Kier alpha value is -0.820. The molecule has 0 radical (unpaired) electrons. The largest absolute Gasteiger partial charge is 0.395 e. The second kappa shape index (κ2) is 15.6. The van der Waals surface area contributed by atoms with Crippen LogP contribution in [0.25, 0.3) is 0 Å². The zero-order valence-electron chi connectivity index (χ0n) is 13.6. The van der Waals surface area contributed by atoms with Crippen LogP contribution in [0.5, 0.6) is 0 Å². The van der Waals surface area contributed by atoms with Crippen LogP contribution < -0.4 is 5.73 Å². The number of hydrogen-bond donors (Lipinski definition) is 3. The van der Waals surface area contributed by atoms with Crippen molar-refractivity contribution in [2.24, 2.45) is 5.73 Å². The Morgan fingerprint density at radius 3 is 2.14 bits per heavy atom. The molecule has 0 spiro atoms. The van der Waals surface area contributed by atoms with Gasteiger partial charge in [-0.05, 0) is 18.6 Å². The number of hydrogen-bond acceptors (Lipinski definition) is 3. The van der Waals surface area contributed by atoms with Crippen LogP contribution in [0.3, 0.4) is 0 Å². The third-order valence-corrected chi connectivity index (χ3v) is 3.53. The minimum absolute atomic E-state index is 0.225. The molecule has 0 aliphatic rings. The highest BCUT2D eigenvalue weighted by molar-refractivity contribution is 5.17. The van der Waals surface area contributed by atoms with Gasteiger partial charge in [0.15, 0.2) is 0 Å². The van der Waals surface area contributed by atoms with Gasteiger partial charge in [-0.3, -0.25) is 0 Å². The number of rotatable bonds is 12. The standard InChI is InChI=1S/C18H33NO2/c1-2-3-4-5-6-7-8-9-10-11-12-13-14-15-18(21)17(19)16-20/h14-15,17-18,20-21H,2-11,16,19H2,1H3/b15-14+/t17-,18+/m0/s1. The Kier molecular flexibility index (Phi) is 15.0. The molecule has 4 N–H and O–H groups in total. The fourth-order valence-corrected chi connectivity index (χ4v) is 2.05. The highest BCUT2D eigenvalue weighted by Gasteiger charge is 2.08. The Labute approximate surface area is 130 Å². The van der Waals surface area contributed by atoms with Gasteiger partial charge in [0.1, 0.15) is 0 Å². The maximum absolute atomic E-state index is 9.46. The zero-order valence-corrected chi connectivity index (χ0v) is 13.6. The molecular formula is C18H33NO2. The topological polar surface area (TPSA) is 66.5 Å². The van der Waals surface area contributed by atoms with Crippen molar-refractivity contribution in [1.29, 1.82) is 0 Å². The summed E-state index contributed by atoms with van der Waals surface area (Å²) in [6, 6.07) is -0.625. The fraction of sp³-hybridized carbons (Fsp3) is 0.778. The highest BCUT2D eigenvalue weighted by Crippen LogP contribution is 2.10. The van der Waals surface area contributed by atoms with E-state index < -0.39 is 12.1 Å². The molecule has 0 unspecified atom stereocenters. The van der Waals surface area contributed by atoms with Gasteiger partial charge in [-0.25, -0.2) is 0 Å². The molecule has 0 fully saturated rings. The van der Waals surface area contributed by atoms with Gasteiger partial charge in [-0.1, -0.05) is 70.1 Å². The predicted octanol–water partition coefficient (Wildman–Crippen LogP) is 3.15. The third kappa shape index (κ3) is 13.9. The molecule has 3 nitrogen and oxygen atoms in total. The molecule has 2 atom stereocenters. The van der Waals surface area contributed by atoms with Crippen molar-refractivity contribution in [3.05, 3.63) is 12.2 Å². The van der Waals surface area contributed by atoms with E-state index in [2.05, 4.69) is 18.8 Å².